The van der Waals surface area contributed by atoms with Gasteiger partial charge in [-0.3, -0.25) is 0 Å². The number of nitrogens with two attached hydrogens (primary N) is 1. The van der Waals surface area contributed by atoms with Crippen molar-refractivity contribution in [2.24, 2.45) is 0 Å². The van der Waals surface area contributed by atoms with Crippen LogP contribution in [0.15, 0.2) is 23.1 Å². The number of benzene rings is 1. The summed E-state index contributed by atoms with van der Waals surface area (Å²) in [5, 5.41) is 0.347. The van der Waals surface area contributed by atoms with Gasteiger partial charge in [0.1, 0.15) is 0 Å². The largest absolute Gasteiger partial charge is 0.397 e. The predicted molar refractivity (Wildman–Crippen MR) is 74.6 cm³/mol. The molecule has 0 radical (unpaired) electrons. The Labute approximate surface area is 118 Å². The molecule has 0 saturated heterocycles. The zero-order valence-corrected chi connectivity index (χ0v) is 12.2. The highest BCUT2D eigenvalue weighted by Crippen LogP contribution is 2.25. The zero-order chi connectivity index (χ0) is 14.0. The van der Waals surface area contributed by atoms with Crippen LogP contribution in [0.2, 0.25) is 5.02 Å². The quantitative estimate of drug-likeness (QED) is 0.831. The van der Waals surface area contributed by atoms with Gasteiger partial charge in [0, 0.05) is 13.2 Å². The number of anilines is 1. The summed E-state index contributed by atoms with van der Waals surface area (Å²) in [5.74, 6) is 0. The average Bonchev–Trinajstić information content (AvgIpc) is 2.79. The lowest BCUT2D eigenvalue weighted by molar-refractivity contribution is 0.107. The Kier molecular flexibility index (Phi) is 4.35. The third-order valence-corrected chi connectivity index (χ3v) is 5.18. The molecule has 2 unspecified atom stereocenters. The molecular formula is C12H17ClN2O3S. The van der Waals surface area contributed by atoms with E-state index in [0.717, 1.165) is 12.8 Å². The molecule has 1 aromatic rings. The number of halogens is 1. The van der Waals surface area contributed by atoms with Crippen LogP contribution in [0.1, 0.15) is 19.3 Å². The SMILES string of the molecule is COC1CCC(NS(=O)(=O)c2ccc(Cl)c(N)c2)C1. The van der Waals surface area contributed by atoms with E-state index in [-0.39, 0.29) is 22.7 Å². The van der Waals surface area contributed by atoms with Gasteiger partial charge in [-0.1, -0.05) is 11.6 Å². The van der Waals surface area contributed by atoms with Gasteiger partial charge in [-0.05, 0) is 37.5 Å². The van der Waals surface area contributed by atoms with Crippen LogP contribution in [0, 0.1) is 0 Å². The number of nitrogen functional groups attached to an aromatic ring is 1. The van der Waals surface area contributed by atoms with E-state index in [0.29, 0.717) is 11.4 Å². The third-order valence-electron chi connectivity index (χ3n) is 3.32. The molecular weight excluding hydrogens is 288 g/mol. The fourth-order valence-corrected chi connectivity index (χ4v) is 3.67. The van der Waals surface area contributed by atoms with Crippen molar-refractivity contribution in [1.29, 1.82) is 0 Å². The highest BCUT2D eigenvalue weighted by molar-refractivity contribution is 7.89. The van der Waals surface area contributed by atoms with Crippen LogP contribution in [0.4, 0.5) is 5.69 Å². The molecule has 1 aromatic carbocycles. The number of hydrogen-bond acceptors (Lipinski definition) is 4. The third kappa shape index (κ3) is 3.39. The number of hydrogen-bond donors (Lipinski definition) is 2. The first kappa shape index (κ1) is 14.6. The fourth-order valence-electron chi connectivity index (χ4n) is 2.24. The second kappa shape index (κ2) is 5.66. The van der Waals surface area contributed by atoms with Crippen LogP contribution < -0.4 is 10.5 Å². The minimum Gasteiger partial charge on any atom is -0.397 e. The van der Waals surface area contributed by atoms with Gasteiger partial charge >= 0.3 is 0 Å². The summed E-state index contributed by atoms with van der Waals surface area (Å²) in [6, 6.07) is 4.21. The van der Waals surface area contributed by atoms with Crippen LogP contribution in [-0.2, 0) is 14.8 Å². The van der Waals surface area contributed by atoms with Crippen molar-refractivity contribution in [2.45, 2.75) is 36.3 Å². The molecule has 2 rings (SSSR count). The summed E-state index contributed by atoms with van der Waals surface area (Å²) in [6.07, 6.45) is 2.47. The Morgan fingerprint density at radius 3 is 2.74 bits per heavy atom. The average molecular weight is 305 g/mol. The molecule has 1 aliphatic carbocycles. The Morgan fingerprint density at radius 2 is 2.16 bits per heavy atom. The molecule has 1 fully saturated rings. The van der Waals surface area contributed by atoms with E-state index in [2.05, 4.69) is 4.72 Å². The molecule has 7 heteroatoms. The monoisotopic (exact) mass is 304 g/mol. The van der Waals surface area contributed by atoms with E-state index in [1.54, 1.807) is 7.11 Å². The van der Waals surface area contributed by atoms with E-state index < -0.39 is 10.0 Å². The molecule has 19 heavy (non-hydrogen) atoms. The van der Waals surface area contributed by atoms with Crippen LogP contribution in [0.3, 0.4) is 0 Å². The van der Waals surface area contributed by atoms with Gasteiger partial charge in [0.15, 0.2) is 0 Å². The maximum Gasteiger partial charge on any atom is 0.240 e. The molecule has 5 nitrogen and oxygen atoms in total. The Balaban J connectivity index is 2.12. The van der Waals surface area contributed by atoms with Crippen LogP contribution in [-0.4, -0.2) is 27.7 Å². The molecule has 0 aromatic heterocycles. The molecule has 0 heterocycles. The number of rotatable bonds is 4. The van der Waals surface area contributed by atoms with Crippen molar-refractivity contribution in [1.82, 2.24) is 4.72 Å². The molecule has 1 saturated carbocycles. The topological polar surface area (TPSA) is 81.4 Å². The number of ether oxygens (including phenoxy) is 1. The van der Waals surface area contributed by atoms with Gasteiger partial charge in [-0.2, -0.15) is 0 Å². The molecule has 0 bridgehead atoms. The standard InChI is InChI=1S/C12H17ClN2O3S/c1-18-9-3-2-8(6-9)15-19(16,17)10-4-5-11(13)12(14)7-10/h4-5,7-9,15H,2-3,6,14H2,1H3. The van der Waals surface area contributed by atoms with E-state index in [4.69, 9.17) is 22.1 Å². The van der Waals surface area contributed by atoms with E-state index in [9.17, 15) is 8.42 Å². The van der Waals surface area contributed by atoms with Gasteiger partial charge in [0.2, 0.25) is 10.0 Å². The second-order valence-electron chi connectivity index (χ2n) is 4.67. The van der Waals surface area contributed by atoms with E-state index in [1.807, 2.05) is 0 Å². The molecule has 3 N–H and O–H groups in total. The normalized spacial score (nSPS) is 23.7. The van der Waals surface area contributed by atoms with Crippen molar-refractivity contribution in [3.63, 3.8) is 0 Å². The summed E-state index contributed by atoms with van der Waals surface area (Å²) >= 11 is 5.78. The molecule has 1 aliphatic rings. The Morgan fingerprint density at radius 1 is 1.42 bits per heavy atom. The lowest BCUT2D eigenvalue weighted by Gasteiger charge is -2.14. The summed E-state index contributed by atoms with van der Waals surface area (Å²) in [7, 11) is -1.92. The number of sulfonamides is 1. The Bertz CT molecular complexity index is 562. The van der Waals surface area contributed by atoms with Crippen molar-refractivity contribution in [3.8, 4) is 0 Å². The lowest BCUT2D eigenvalue weighted by atomic mass is 10.3. The second-order valence-corrected chi connectivity index (χ2v) is 6.79. The van der Waals surface area contributed by atoms with Crippen LogP contribution >= 0.6 is 11.6 Å². The van der Waals surface area contributed by atoms with Gasteiger partial charge in [-0.15, -0.1) is 0 Å². The first-order valence-electron chi connectivity index (χ1n) is 6.02. The van der Waals surface area contributed by atoms with Crippen LogP contribution in [0.25, 0.3) is 0 Å². The first-order valence-corrected chi connectivity index (χ1v) is 7.88. The fraction of sp³-hybridized carbons (Fsp3) is 0.500. The minimum absolute atomic E-state index is 0.0909. The highest BCUT2D eigenvalue weighted by atomic mass is 35.5. The number of methoxy groups -OCH3 is 1. The predicted octanol–water partition coefficient (Wildman–Crippen LogP) is 1.77. The number of nitrogens with one attached hydrogen (secondary N) is 1. The van der Waals surface area contributed by atoms with Gasteiger partial charge < -0.3 is 10.5 Å². The maximum atomic E-state index is 12.2. The van der Waals surface area contributed by atoms with Crippen molar-refractivity contribution in [3.05, 3.63) is 23.2 Å². The van der Waals surface area contributed by atoms with Crippen molar-refractivity contribution < 1.29 is 13.2 Å². The Hall–Kier alpha value is -0.820. The molecule has 0 aliphatic heterocycles. The van der Waals surface area contributed by atoms with Crippen LogP contribution in [0.5, 0.6) is 0 Å². The lowest BCUT2D eigenvalue weighted by Crippen LogP contribution is -2.33. The van der Waals surface area contributed by atoms with Crippen molar-refractivity contribution >= 4 is 27.3 Å². The molecule has 0 amide bonds. The van der Waals surface area contributed by atoms with E-state index in [1.165, 1.54) is 18.2 Å². The van der Waals surface area contributed by atoms with Gasteiger partial charge in [-0.25, -0.2) is 13.1 Å². The maximum absolute atomic E-state index is 12.2. The minimum atomic E-state index is -3.56. The molecule has 2 atom stereocenters. The van der Waals surface area contributed by atoms with Gasteiger partial charge in [0.05, 0.1) is 21.7 Å². The molecule has 0 spiro atoms. The summed E-state index contributed by atoms with van der Waals surface area (Å²) in [5.41, 5.74) is 5.88. The summed E-state index contributed by atoms with van der Waals surface area (Å²) < 4.78 is 32.3. The summed E-state index contributed by atoms with van der Waals surface area (Å²) in [6.45, 7) is 0. The van der Waals surface area contributed by atoms with Crippen molar-refractivity contribution in [2.75, 3.05) is 12.8 Å². The zero-order valence-electron chi connectivity index (χ0n) is 10.6. The van der Waals surface area contributed by atoms with Gasteiger partial charge in [0.25, 0.3) is 0 Å². The highest BCUT2D eigenvalue weighted by Gasteiger charge is 2.28. The first-order chi connectivity index (χ1) is 8.92. The smallest absolute Gasteiger partial charge is 0.240 e. The molecule has 106 valence electrons. The summed E-state index contributed by atoms with van der Waals surface area (Å²) in [4.78, 5) is 0.135. The van der Waals surface area contributed by atoms with E-state index >= 15 is 0 Å².